The SMILES string of the molecule is C=C1C[C@]23CC[C@H]4C(C)(C)CCC[C@@]4(C)C2=CC[C@H]1C3. The van der Waals surface area contributed by atoms with E-state index in [0.29, 0.717) is 16.2 Å². The molecule has 4 aliphatic carbocycles. The van der Waals surface area contributed by atoms with E-state index in [1.54, 1.807) is 5.57 Å². The molecule has 3 fully saturated rings. The van der Waals surface area contributed by atoms with Crippen LogP contribution in [-0.2, 0) is 0 Å². The number of fused-ring (bicyclic) bond motifs is 3. The van der Waals surface area contributed by atoms with Crippen molar-refractivity contribution < 1.29 is 0 Å². The molecular weight excluding hydrogens is 240 g/mol. The van der Waals surface area contributed by atoms with Gasteiger partial charge in [0.25, 0.3) is 0 Å². The van der Waals surface area contributed by atoms with Gasteiger partial charge >= 0.3 is 0 Å². The maximum absolute atomic E-state index is 4.40. The van der Waals surface area contributed by atoms with E-state index in [9.17, 15) is 0 Å². The second-order valence-corrected chi connectivity index (χ2v) is 9.22. The Kier molecular flexibility index (Phi) is 2.51. The predicted molar refractivity (Wildman–Crippen MR) is 85.5 cm³/mol. The summed E-state index contributed by atoms with van der Waals surface area (Å²) >= 11 is 0. The third-order valence-corrected chi connectivity index (χ3v) is 7.71. The largest absolute Gasteiger partial charge is 0.0995 e. The Morgan fingerprint density at radius 3 is 2.75 bits per heavy atom. The molecule has 0 radical (unpaired) electrons. The summed E-state index contributed by atoms with van der Waals surface area (Å²) in [5.74, 6) is 1.72. The van der Waals surface area contributed by atoms with Crippen molar-refractivity contribution in [1.29, 1.82) is 0 Å². The Hall–Kier alpha value is -0.520. The van der Waals surface area contributed by atoms with Crippen molar-refractivity contribution in [2.24, 2.45) is 28.1 Å². The minimum Gasteiger partial charge on any atom is -0.0995 e. The van der Waals surface area contributed by atoms with E-state index in [1.165, 1.54) is 51.4 Å². The average molecular weight is 270 g/mol. The highest BCUT2D eigenvalue weighted by molar-refractivity contribution is 5.37. The van der Waals surface area contributed by atoms with Gasteiger partial charge in [-0.3, -0.25) is 0 Å². The standard InChI is InChI=1S/C20H30/c1-14-12-20-11-8-16-18(2,3)9-5-10-19(16,4)17(20)7-6-15(14)13-20/h7,15-16H,1,5-6,8-13H2,2-4H3/t15-,16-,19+,20-/m0/s1. The normalized spacial score (nSPS) is 49.4. The lowest BCUT2D eigenvalue weighted by Gasteiger charge is -2.60. The summed E-state index contributed by atoms with van der Waals surface area (Å²) in [6.07, 6.45) is 13.9. The van der Waals surface area contributed by atoms with Crippen molar-refractivity contribution in [2.45, 2.75) is 72.1 Å². The van der Waals surface area contributed by atoms with Crippen LogP contribution in [0.25, 0.3) is 0 Å². The van der Waals surface area contributed by atoms with E-state index in [0.717, 1.165) is 11.8 Å². The highest BCUT2D eigenvalue weighted by atomic mass is 14.6. The molecule has 110 valence electrons. The van der Waals surface area contributed by atoms with Gasteiger partial charge in [-0.05, 0) is 73.0 Å². The molecule has 0 nitrogen and oxygen atoms in total. The molecule has 4 rings (SSSR count). The summed E-state index contributed by atoms with van der Waals surface area (Å²) in [7, 11) is 0. The summed E-state index contributed by atoms with van der Waals surface area (Å²) < 4.78 is 0. The predicted octanol–water partition coefficient (Wildman–Crippen LogP) is 5.90. The Morgan fingerprint density at radius 2 is 1.95 bits per heavy atom. The lowest BCUT2D eigenvalue weighted by Crippen LogP contribution is -2.51. The molecule has 0 unspecified atom stereocenters. The third-order valence-electron chi connectivity index (χ3n) is 7.71. The molecule has 0 aromatic rings. The van der Waals surface area contributed by atoms with Crippen LogP contribution in [0.1, 0.15) is 72.1 Å². The summed E-state index contributed by atoms with van der Waals surface area (Å²) in [5, 5.41) is 0. The van der Waals surface area contributed by atoms with Crippen molar-refractivity contribution in [2.75, 3.05) is 0 Å². The van der Waals surface area contributed by atoms with Crippen molar-refractivity contribution in [3.8, 4) is 0 Å². The second-order valence-electron chi connectivity index (χ2n) is 9.22. The van der Waals surface area contributed by atoms with E-state index >= 15 is 0 Å². The monoisotopic (exact) mass is 270 g/mol. The smallest absolute Gasteiger partial charge is 0.00395 e. The van der Waals surface area contributed by atoms with Gasteiger partial charge in [-0.1, -0.05) is 51.0 Å². The fourth-order valence-electron chi connectivity index (χ4n) is 6.94. The van der Waals surface area contributed by atoms with Gasteiger partial charge in [0.2, 0.25) is 0 Å². The zero-order valence-corrected chi connectivity index (χ0v) is 13.6. The summed E-state index contributed by atoms with van der Waals surface area (Å²) in [5.41, 5.74) is 5.02. The van der Waals surface area contributed by atoms with Crippen molar-refractivity contribution in [1.82, 2.24) is 0 Å². The quantitative estimate of drug-likeness (QED) is 0.481. The highest BCUT2D eigenvalue weighted by Gasteiger charge is 2.59. The molecular formula is C20H30. The van der Waals surface area contributed by atoms with Gasteiger partial charge in [0.1, 0.15) is 0 Å². The van der Waals surface area contributed by atoms with Crippen LogP contribution < -0.4 is 0 Å². The van der Waals surface area contributed by atoms with Crippen LogP contribution in [-0.4, -0.2) is 0 Å². The zero-order chi connectivity index (χ0) is 14.2. The van der Waals surface area contributed by atoms with Crippen LogP contribution >= 0.6 is 0 Å². The van der Waals surface area contributed by atoms with Gasteiger partial charge in [-0.15, -0.1) is 0 Å². The Balaban J connectivity index is 1.80. The minimum absolute atomic E-state index is 0.496. The Labute approximate surface area is 124 Å². The molecule has 2 bridgehead atoms. The molecule has 0 aromatic carbocycles. The van der Waals surface area contributed by atoms with Gasteiger partial charge in [0.05, 0.1) is 0 Å². The lowest BCUT2D eigenvalue weighted by atomic mass is 9.44. The van der Waals surface area contributed by atoms with Crippen molar-refractivity contribution in [3.63, 3.8) is 0 Å². The first kappa shape index (κ1) is 13.2. The highest BCUT2D eigenvalue weighted by Crippen LogP contribution is 2.70. The maximum atomic E-state index is 4.40. The summed E-state index contributed by atoms with van der Waals surface area (Å²) in [6, 6.07) is 0. The van der Waals surface area contributed by atoms with E-state index in [4.69, 9.17) is 0 Å². The molecule has 4 aliphatic rings. The van der Waals surface area contributed by atoms with Crippen molar-refractivity contribution >= 4 is 0 Å². The molecule has 0 amide bonds. The summed E-state index contributed by atoms with van der Waals surface area (Å²) in [4.78, 5) is 0. The van der Waals surface area contributed by atoms with Crippen LogP contribution in [0.2, 0.25) is 0 Å². The van der Waals surface area contributed by atoms with Gasteiger partial charge in [0, 0.05) is 0 Å². The lowest BCUT2D eigenvalue weighted by molar-refractivity contribution is -0.0307. The first-order valence-electron chi connectivity index (χ1n) is 8.76. The van der Waals surface area contributed by atoms with Crippen molar-refractivity contribution in [3.05, 3.63) is 23.8 Å². The van der Waals surface area contributed by atoms with E-state index in [1.807, 2.05) is 5.57 Å². The fourth-order valence-corrected chi connectivity index (χ4v) is 6.94. The van der Waals surface area contributed by atoms with E-state index < -0.39 is 0 Å². The number of hydrogen-bond acceptors (Lipinski definition) is 0. The van der Waals surface area contributed by atoms with Crippen LogP contribution in [0.15, 0.2) is 23.8 Å². The molecule has 0 saturated heterocycles. The van der Waals surface area contributed by atoms with Gasteiger partial charge in [0.15, 0.2) is 0 Å². The first-order valence-corrected chi connectivity index (χ1v) is 8.76. The van der Waals surface area contributed by atoms with E-state index in [2.05, 4.69) is 33.4 Å². The number of hydrogen-bond donors (Lipinski definition) is 0. The van der Waals surface area contributed by atoms with Crippen LogP contribution in [0, 0.1) is 28.1 Å². The van der Waals surface area contributed by atoms with Gasteiger partial charge < -0.3 is 0 Å². The molecule has 0 aromatic heterocycles. The molecule has 20 heavy (non-hydrogen) atoms. The molecule has 0 aliphatic heterocycles. The third kappa shape index (κ3) is 1.49. The topological polar surface area (TPSA) is 0 Å². The number of allylic oxidation sites excluding steroid dienone is 3. The first-order chi connectivity index (χ1) is 9.37. The van der Waals surface area contributed by atoms with Gasteiger partial charge in [-0.2, -0.15) is 0 Å². The van der Waals surface area contributed by atoms with E-state index in [-0.39, 0.29) is 0 Å². The molecule has 0 heterocycles. The van der Waals surface area contributed by atoms with Crippen LogP contribution in [0.5, 0.6) is 0 Å². The zero-order valence-electron chi connectivity index (χ0n) is 13.6. The second kappa shape index (κ2) is 3.81. The van der Waals surface area contributed by atoms with Crippen LogP contribution in [0.4, 0.5) is 0 Å². The summed E-state index contributed by atoms with van der Waals surface area (Å²) in [6.45, 7) is 12.1. The Morgan fingerprint density at radius 1 is 1.15 bits per heavy atom. The Bertz CT molecular complexity index is 494. The average Bonchev–Trinajstić information content (AvgIpc) is 2.58. The molecule has 3 saturated carbocycles. The molecule has 4 atom stereocenters. The minimum atomic E-state index is 0.496. The fraction of sp³-hybridized carbons (Fsp3) is 0.800. The molecule has 0 heteroatoms. The van der Waals surface area contributed by atoms with Gasteiger partial charge in [-0.25, -0.2) is 0 Å². The van der Waals surface area contributed by atoms with Crippen LogP contribution in [0.3, 0.4) is 0 Å². The number of rotatable bonds is 0. The molecule has 1 spiro atoms. The maximum Gasteiger partial charge on any atom is -0.00395 e. The molecule has 0 N–H and O–H groups in total.